The molecule has 3 aromatic rings. The molecule has 5 heteroatoms. The number of aromatic nitrogens is 2. The second kappa shape index (κ2) is 7.25. The standard InChI is InChI=1S/C19H21FN4/c1-3-16-13(2)19(15-6-4-5-7-17(15)24-16)22-11-10-21-18-9-8-14(20)12-23-18/h4-9,12H,3,10-11H2,1-2H3,(H,21,23)(H,22,24). The summed E-state index contributed by atoms with van der Waals surface area (Å²) in [4.78, 5) is 8.73. The van der Waals surface area contributed by atoms with Crippen LogP contribution in [0.15, 0.2) is 42.6 Å². The predicted octanol–water partition coefficient (Wildman–Crippen LogP) is 4.16. The molecule has 2 N–H and O–H groups in total. The first-order chi connectivity index (χ1) is 11.7. The van der Waals surface area contributed by atoms with Gasteiger partial charge in [0, 0.05) is 29.9 Å². The highest BCUT2D eigenvalue weighted by atomic mass is 19.1. The Morgan fingerprint density at radius 2 is 1.83 bits per heavy atom. The summed E-state index contributed by atoms with van der Waals surface area (Å²) in [6.07, 6.45) is 2.12. The van der Waals surface area contributed by atoms with Crippen molar-refractivity contribution in [3.05, 3.63) is 59.7 Å². The van der Waals surface area contributed by atoms with Crippen LogP contribution in [0, 0.1) is 12.7 Å². The quantitative estimate of drug-likeness (QED) is 0.668. The molecule has 0 aliphatic carbocycles. The third-order valence-electron chi connectivity index (χ3n) is 4.03. The van der Waals surface area contributed by atoms with Crippen molar-refractivity contribution in [2.24, 2.45) is 0 Å². The van der Waals surface area contributed by atoms with E-state index >= 15 is 0 Å². The first-order valence-corrected chi connectivity index (χ1v) is 8.16. The van der Waals surface area contributed by atoms with Crippen molar-refractivity contribution in [2.75, 3.05) is 23.7 Å². The van der Waals surface area contributed by atoms with E-state index < -0.39 is 0 Å². The van der Waals surface area contributed by atoms with E-state index in [1.165, 1.54) is 17.8 Å². The van der Waals surface area contributed by atoms with Gasteiger partial charge in [0.05, 0.1) is 11.7 Å². The van der Waals surface area contributed by atoms with E-state index in [0.717, 1.165) is 35.2 Å². The van der Waals surface area contributed by atoms with Crippen LogP contribution in [-0.4, -0.2) is 23.1 Å². The maximum absolute atomic E-state index is 12.9. The summed E-state index contributed by atoms with van der Waals surface area (Å²) in [7, 11) is 0. The number of benzene rings is 1. The van der Waals surface area contributed by atoms with Gasteiger partial charge in [0.15, 0.2) is 0 Å². The Balaban J connectivity index is 1.72. The first-order valence-electron chi connectivity index (χ1n) is 8.16. The van der Waals surface area contributed by atoms with Gasteiger partial charge in [0.2, 0.25) is 0 Å². The Kier molecular flexibility index (Phi) is 4.89. The normalized spacial score (nSPS) is 10.8. The fourth-order valence-electron chi connectivity index (χ4n) is 2.79. The molecule has 0 aliphatic heterocycles. The number of nitrogens with one attached hydrogen (secondary N) is 2. The van der Waals surface area contributed by atoms with Crippen LogP contribution in [0.4, 0.5) is 15.9 Å². The Morgan fingerprint density at radius 3 is 2.58 bits per heavy atom. The summed E-state index contributed by atoms with van der Waals surface area (Å²) < 4.78 is 12.9. The summed E-state index contributed by atoms with van der Waals surface area (Å²) >= 11 is 0. The second-order valence-corrected chi connectivity index (χ2v) is 5.64. The van der Waals surface area contributed by atoms with Crippen LogP contribution in [0.1, 0.15) is 18.2 Å². The van der Waals surface area contributed by atoms with Crippen LogP contribution in [0.5, 0.6) is 0 Å². The van der Waals surface area contributed by atoms with Crippen LogP contribution in [0.2, 0.25) is 0 Å². The lowest BCUT2D eigenvalue weighted by atomic mass is 10.1. The number of aryl methyl sites for hydroxylation is 1. The maximum atomic E-state index is 12.9. The van der Waals surface area contributed by atoms with Crippen molar-refractivity contribution in [3.63, 3.8) is 0 Å². The topological polar surface area (TPSA) is 49.8 Å². The van der Waals surface area contributed by atoms with Gasteiger partial charge in [0.1, 0.15) is 11.6 Å². The van der Waals surface area contributed by atoms with E-state index in [1.54, 1.807) is 6.07 Å². The molecule has 3 rings (SSSR count). The maximum Gasteiger partial charge on any atom is 0.141 e. The molecule has 0 radical (unpaired) electrons. The average molecular weight is 324 g/mol. The van der Waals surface area contributed by atoms with Crippen LogP contribution >= 0.6 is 0 Å². The Morgan fingerprint density at radius 1 is 1.04 bits per heavy atom. The fraction of sp³-hybridized carbons (Fsp3) is 0.263. The summed E-state index contributed by atoms with van der Waals surface area (Å²) in [6, 6.07) is 11.2. The molecule has 0 fully saturated rings. The Hall–Kier alpha value is -2.69. The van der Waals surface area contributed by atoms with Gasteiger partial charge in [-0.15, -0.1) is 0 Å². The van der Waals surface area contributed by atoms with E-state index in [2.05, 4.69) is 35.5 Å². The number of rotatable bonds is 6. The molecule has 1 aromatic carbocycles. The number of hydrogen-bond acceptors (Lipinski definition) is 4. The van der Waals surface area contributed by atoms with Crippen molar-refractivity contribution in [3.8, 4) is 0 Å². The highest BCUT2D eigenvalue weighted by molar-refractivity contribution is 5.93. The van der Waals surface area contributed by atoms with Gasteiger partial charge in [0.25, 0.3) is 0 Å². The largest absolute Gasteiger partial charge is 0.382 e. The average Bonchev–Trinajstić information content (AvgIpc) is 2.61. The lowest BCUT2D eigenvalue weighted by molar-refractivity contribution is 0.621. The van der Waals surface area contributed by atoms with Gasteiger partial charge in [-0.3, -0.25) is 4.98 Å². The predicted molar refractivity (Wildman–Crippen MR) is 97.0 cm³/mol. The molecular formula is C19H21FN4. The molecule has 124 valence electrons. The number of halogens is 1. The minimum Gasteiger partial charge on any atom is -0.382 e. The van der Waals surface area contributed by atoms with Gasteiger partial charge < -0.3 is 10.6 Å². The van der Waals surface area contributed by atoms with Gasteiger partial charge >= 0.3 is 0 Å². The zero-order chi connectivity index (χ0) is 16.9. The number of para-hydroxylation sites is 1. The number of fused-ring (bicyclic) bond motifs is 1. The monoisotopic (exact) mass is 324 g/mol. The van der Waals surface area contributed by atoms with Crippen molar-refractivity contribution >= 4 is 22.4 Å². The third-order valence-corrected chi connectivity index (χ3v) is 4.03. The van der Waals surface area contributed by atoms with Crippen molar-refractivity contribution in [1.29, 1.82) is 0 Å². The zero-order valence-electron chi connectivity index (χ0n) is 13.9. The van der Waals surface area contributed by atoms with E-state index in [9.17, 15) is 4.39 Å². The molecule has 0 bridgehead atoms. The van der Waals surface area contributed by atoms with Gasteiger partial charge in [-0.2, -0.15) is 0 Å². The van der Waals surface area contributed by atoms with E-state index in [4.69, 9.17) is 4.98 Å². The van der Waals surface area contributed by atoms with E-state index in [-0.39, 0.29) is 5.82 Å². The number of pyridine rings is 2. The fourth-order valence-corrected chi connectivity index (χ4v) is 2.79. The third kappa shape index (κ3) is 3.45. The zero-order valence-corrected chi connectivity index (χ0v) is 13.9. The molecule has 24 heavy (non-hydrogen) atoms. The number of nitrogens with zero attached hydrogens (tertiary/aromatic N) is 2. The molecule has 2 heterocycles. The summed E-state index contributed by atoms with van der Waals surface area (Å²) in [5.74, 6) is 0.341. The molecule has 0 amide bonds. The van der Waals surface area contributed by atoms with Crippen LogP contribution in [0.25, 0.3) is 10.9 Å². The highest BCUT2D eigenvalue weighted by Gasteiger charge is 2.10. The molecule has 0 spiro atoms. The lowest BCUT2D eigenvalue weighted by Crippen LogP contribution is -2.15. The molecule has 0 aliphatic rings. The molecular weight excluding hydrogens is 303 g/mol. The first kappa shape index (κ1) is 16.2. The minimum atomic E-state index is -0.329. The van der Waals surface area contributed by atoms with Crippen molar-refractivity contribution < 1.29 is 4.39 Å². The van der Waals surface area contributed by atoms with E-state index in [1.807, 2.05) is 18.2 Å². The molecule has 4 nitrogen and oxygen atoms in total. The highest BCUT2D eigenvalue weighted by Crippen LogP contribution is 2.28. The van der Waals surface area contributed by atoms with E-state index in [0.29, 0.717) is 12.4 Å². The van der Waals surface area contributed by atoms with Crippen molar-refractivity contribution in [2.45, 2.75) is 20.3 Å². The second-order valence-electron chi connectivity index (χ2n) is 5.64. The molecule has 0 unspecified atom stereocenters. The molecule has 0 atom stereocenters. The number of hydrogen-bond donors (Lipinski definition) is 2. The van der Waals surface area contributed by atoms with Gasteiger partial charge in [-0.25, -0.2) is 9.37 Å². The SMILES string of the molecule is CCc1nc2ccccc2c(NCCNc2ccc(F)cn2)c1C. The van der Waals surface area contributed by atoms with Gasteiger partial charge in [-0.05, 0) is 37.1 Å². The molecule has 2 aromatic heterocycles. The summed E-state index contributed by atoms with van der Waals surface area (Å²) in [6.45, 7) is 5.65. The Labute approximate surface area is 141 Å². The smallest absolute Gasteiger partial charge is 0.141 e. The van der Waals surface area contributed by atoms with Crippen LogP contribution in [-0.2, 0) is 6.42 Å². The van der Waals surface area contributed by atoms with Crippen LogP contribution < -0.4 is 10.6 Å². The molecule has 0 saturated heterocycles. The lowest BCUT2D eigenvalue weighted by Gasteiger charge is -2.16. The molecule has 0 saturated carbocycles. The van der Waals surface area contributed by atoms with Gasteiger partial charge in [-0.1, -0.05) is 25.1 Å². The van der Waals surface area contributed by atoms with Crippen LogP contribution in [0.3, 0.4) is 0 Å². The Bertz CT molecular complexity index is 831. The number of anilines is 2. The van der Waals surface area contributed by atoms with Crippen molar-refractivity contribution in [1.82, 2.24) is 9.97 Å². The summed E-state index contributed by atoms with van der Waals surface area (Å²) in [5, 5.41) is 7.82. The summed E-state index contributed by atoms with van der Waals surface area (Å²) in [5.41, 5.74) is 4.45. The minimum absolute atomic E-state index is 0.329.